The van der Waals surface area contributed by atoms with Gasteiger partial charge in [0.1, 0.15) is 13.2 Å². The van der Waals surface area contributed by atoms with Crippen LogP contribution in [-0.2, 0) is 28.6 Å². The molecule has 0 aliphatic heterocycles. The minimum Gasteiger partial charge on any atom is -0.462 e. The topological polar surface area (TPSA) is 78.9 Å². The lowest BCUT2D eigenvalue weighted by molar-refractivity contribution is -0.167. The Morgan fingerprint density at radius 3 is 1.12 bits per heavy atom. The molecule has 0 aromatic rings. The number of ether oxygens (including phenoxy) is 3. The van der Waals surface area contributed by atoms with Crippen LogP contribution in [0, 0.1) is 0 Å². The molecule has 0 aliphatic carbocycles. The molecule has 67 heavy (non-hydrogen) atoms. The Hall–Kier alpha value is -3.67. The van der Waals surface area contributed by atoms with Gasteiger partial charge in [0.25, 0.3) is 0 Å². The summed E-state index contributed by atoms with van der Waals surface area (Å²) in [6.45, 7) is 6.40. The van der Waals surface area contributed by atoms with E-state index in [9.17, 15) is 14.4 Å². The average molecular weight is 931 g/mol. The molecule has 0 aromatic carbocycles. The van der Waals surface area contributed by atoms with Gasteiger partial charge >= 0.3 is 17.9 Å². The Balaban J connectivity index is 4.46. The zero-order chi connectivity index (χ0) is 48.6. The predicted octanol–water partition coefficient (Wildman–Crippen LogP) is 18.5. The van der Waals surface area contributed by atoms with Crippen molar-refractivity contribution < 1.29 is 28.6 Å². The Labute approximate surface area is 413 Å². The minimum absolute atomic E-state index is 0.106. The van der Waals surface area contributed by atoms with Crippen LogP contribution in [0.1, 0.15) is 252 Å². The second-order valence-electron chi connectivity index (χ2n) is 18.2. The van der Waals surface area contributed by atoms with Crippen molar-refractivity contribution in [2.75, 3.05) is 13.2 Å². The van der Waals surface area contributed by atoms with E-state index in [1.165, 1.54) is 141 Å². The van der Waals surface area contributed by atoms with Crippen molar-refractivity contribution in [1.29, 1.82) is 0 Å². The van der Waals surface area contributed by atoms with Crippen LogP contribution >= 0.6 is 0 Å². The first-order valence-corrected chi connectivity index (χ1v) is 27.8. The monoisotopic (exact) mass is 931 g/mol. The van der Waals surface area contributed by atoms with E-state index in [1.807, 2.05) is 54.7 Å². The second kappa shape index (κ2) is 54.9. The fourth-order valence-corrected chi connectivity index (χ4v) is 7.50. The quantitative estimate of drug-likeness (QED) is 0.0199. The number of rotatable bonds is 49. The van der Waals surface area contributed by atoms with Gasteiger partial charge in [-0.3, -0.25) is 14.4 Å². The van der Waals surface area contributed by atoms with Crippen LogP contribution in [0.3, 0.4) is 0 Å². The Morgan fingerprint density at radius 1 is 0.328 bits per heavy atom. The highest BCUT2D eigenvalue weighted by atomic mass is 16.6. The first kappa shape index (κ1) is 63.3. The standard InChI is InChI=1S/C61H102O6/c1-4-7-10-13-16-19-22-25-27-29-30-32-33-36-39-42-45-48-51-54-60(63)66-57-58(56-65-59(62)53-50-47-44-41-38-35-24-21-18-15-12-9-6-3)67-61(64)55-52-49-46-43-40-37-34-31-28-26-23-20-17-14-11-8-5-2/h9,12,15,17-18,20-21,24,26,28-30,35,38,41,44,58H,4-8,10-11,13-14,16,19,22-23,25,27,31-34,36-37,39-40,42-43,45-57H2,1-3H3/b12-9+,18-15+,20-17+,24-21+,28-26+,30-29+,38-35+,44-41+. The van der Waals surface area contributed by atoms with Gasteiger partial charge in [-0.2, -0.15) is 0 Å². The van der Waals surface area contributed by atoms with E-state index in [0.717, 1.165) is 64.2 Å². The summed E-state index contributed by atoms with van der Waals surface area (Å²) in [7, 11) is 0. The maximum atomic E-state index is 12.8. The van der Waals surface area contributed by atoms with Gasteiger partial charge in [0, 0.05) is 19.3 Å². The number of allylic oxidation sites excluding steroid dienone is 16. The highest BCUT2D eigenvalue weighted by Gasteiger charge is 2.19. The van der Waals surface area contributed by atoms with Gasteiger partial charge in [0.05, 0.1) is 0 Å². The zero-order valence-corrected chi connectivity index (χ0v) is 43.6. The minimum atomic E-state index is -0.813. The van der Waals surface area contributed by atoms with E-state index < -0.39 is 6.10 Å². The molecule has 382 valence electrons. The summed E-state index contributed by atoms with van der Waals surface area (Å²) in [5.41, 5.74) is 0. The number of esters is 3. The van der Waals surface area contributed by atoms with Crippen molar-refractivity contribution in [2.24, 2.45) is 0 Å². The fraction of sp³-hybridized carbons (Fsp3) is 0.689. The van der Waals surface area contributed by atoms with Gasteiger partial charge in [0.2, 0.25) is 0 Å². The van der Waals surface area contributed by atoms with Crippen molar-refractivity contribution in [3.05, 3.63) is 97.2 Å². The van der Waals surface area contributed by atoms with Crippen LogP contribution in [0.2, 0.25) is 0 Å². The number of hydrogen-bond donors (Lipinski definition) is 0. The molecule has 0 aromatic heterocycles. The highest BCUT2D eigenvalue weighted by molar-refractivity contribution is 5.71. The smallest absolute Gasteiger partial charge is 0.306 e. The van der Waals surface area contributed by atoms with Crippen LogP contribution in [0.25, 0.3) is 0 Å². The van der Waals surface area contributed by atoms with E-state index in [0.29, 0.717) is 19.3 Å². The maximum Gasteiger partial charge on any atom is 0.306 e. The first-order chi connectivity index (χ1) is 33.0. The van der Waals surface area contributed by atoms with Gasteiger partial charge in [-0.25, -0.2) is 0 Å². The molecular weight excluding hydrogens is 829 g/mol. The predicted molar refractivity (Wildman–Crippen MR) is 288 cm³/mol. The third-order valence-electron chi connectivity index (χ3n) is 11.7. The van der Waals surface area contributed by atoms with Crippen molar-refractivity contribution in [1.82, 2.24) is 0 Å². The molecule has 0 N–H and O–H groups in total. The molecule has 6 heteroatoms. The Bertz CT molecular complexity index is 1350. The molecule has 1 unspecified atom stereocenters. The number of unbranched alkanes of at least 4 members (excludes halogenated alkanes) is 26. The summed E-state index contributed by atoms with van der Waals surface area (Å²) in [5.74, 6) is -0.994. The molecular formula is C61H102O6. The molecule has 0 amide bonds. The van der Waals surface area contributed by atoms with Gasteiger partial charge in [-0.05, 0) is 89.9 Å². The SMILES string of the molecule is CC/C=C/C=C/C=C/C=C/C=C/CCCC(=O)OCC(COC(=O)CCCCCCCCC/C=C/CCCCCCCCCC)OC(=O)CCCCCCCCC/C=C/C/C=C/CCCCC. The van der Waals surface area contributed by atoms with Gasteiger partial charge < -0.3 is 14.2 Å². The van der Waals surface area contributed by atoms with E-state index in [-0.39, 0.29) is 37.5 Å². The summed E-state index contributed by atoms with van der Waals surface area (Å²) in [5, 5.41) is 0. The molecule has 0 aliphatic rings. The number of hydrogen-bond acceptors (Lipinski definition) is 6. The molecule has 0 saturated heterocycles. The molecule has 0 heterocycles. The molecule has 6 nitrogen and oxygen atoms in total. The first-order valence-electron chi connectivity index (χ1n) is 27.8. The molecule has 0 bridgehead atoms. The van der Waals surface area contributed by atoms with E-state index >= 15 is 0 Å². The van der Waals surface area contributed by atoms with Gasteiger partial charge in [-0.15, -0.1) is 0 Å². The van der Waals surface area contributed by atoms with E-state index in [2.05, 4.69) is 63.3 Å². The van der Waals surface area contributed by atoms with E-state index in [4.69, 9.17) is 14.2 Å². The Morgan fingerprint density at radius 2 is 0.657 bits per heavy atom. The Kier molecular flexibility index (Phi) is 51.9. The molecule has 0 fully saturated rings. The second-order valence-corrected chi connectivity index (χ2v) is 18.2. The lowest BCUT2D eigenvalue weighted by atomic mass is 10.1. The summed E-state index contributed by atoms with van der Waals surface area (Å²) in [6.07, 6.45) is 72.6. The van der Waals surface area contributed by atoms with Gasteiger partial charge in [-0.1, -0.05) is 240 Å². The lowest BCUT2D eigenvalue weighted by Gasteiger charge is -2.18. The van der Waals surface area contributed by atoms with Crippen LogP contribution < -0.4 is 0 Å². The molecule has 0 rings (SSSR count). The number of carbonyl (C=O) groups is 3. The molecule has 0 saturated carbocycles. The van der Waals surface area contributed by atoms with E-state index in [1.54, 1.807) is 0 Å². The zero-order valence-electron chi connectivity index (χ0n) is 43.6. The van der Waals surface area contributed by atoms with Crippen molar-refractivity contribution in [2.45, 2.75) is 258 Å². The highest BCUT2D eigenvalue weighted by Crippen LogP contribution is 2.14. The lowest BCUT2D eigenvalue weighted by Crippen LogP contribution is -2.30. The summed E-state index contributed by atoms with van der Waals surface area (Å²) in [6, 6.07) is 0. The largest absolute Gasteiger partial charge is 0.462 e. The van der Waals surface area contributed by atoms with Crippen molar-refractivity contribution in [3.8, 4) is 0 Å². The molecule has 0 spiro atoms. The van der Waals surface area contributed by atoms with Crippen LogP contribution in [0.4, 0.5) is 0 Å². The average Bonchev–Trinajstić information content (AvgIpc) is 3.33. The third-order valence-corrected chi connectivity index (χ3v) is 11.7. The fourth-order valence-electron chi connectivity index (χ4n) is 7.50. The summed E-state index contributed by atoms with van der Waals surface area (Å²) in [4.78, 5) is 38.1. The number of carbonyl (C=O) groups excluding carboxylic acids is 3. The molecule has 0 radical (unpaired) electrons. The van der Waals surface area contributed by atoms with Crippen LogP contribution in [-0.4, -0.2) is 37.2 Å². The molecule has 1 atom stereocenters. The van der Waals surface area contributed by atoms with Gasteiger partial charge in [0.15, 0.2) is 6.10 Å². The van der Waals surface area contributed by atoms with Crippen LogP contribution in [0.15, 0.2) is 97.2 Å². The third kappa shape index (κ3) is 53.2. The normalized spacial score (nSPS) is 12.8. The summed E-state index contributed by atoms with van der Waals surface area (Å²) < 4.78 is 16.8. The summed E-state index contributed by atoms with van der Waals surface area (Å²) >= 11 is 0. The van der Waals surface area contributed by atoms with Crippen LogP contribution in [0.5, 0.6) is 0 Å². The van der Waals surface area contributed by atoms with Crippen molar-refractivity contribution >= 4 is 17.9 Å². The van der Waals surface area contributed by atoms with Crippen molar-refractivity contribution in [3.63, 3.8) is 0 Å². The maximum absolute atomic E-state index is 12.8.